The van der Waals surface area contributed by atoms with Crippen LogP contribution in [0.1, 0.15) is 70.0 Å². The van der Waals surface area contributed by atoms with E-state index in [0.29, 0.717) is 23.0 Å². The molecule has 1 N–H and O–H groups in total. The molecule has 2 aromatic carbocycles. The van der Waals surface area contributed by atoms with Crippen molar-refractivity contribution in [3.63, 3.8) is 0 Å². The van der Waals surface area contributed by atoms with E-state index < -0.39 is 28.4 Å². The number of carboxylic acid groups (broad SMARTS) is 1. The molecular formula is C29H30FNO5. The van der Waals surface area contributed by atoms with Crippen molar-refractivity contribution in [3.8, 4) is 11.1 Å². The summed E-state index contributed by atoms with van der Waals surface area (Å²) in [6.45, 7) is 14.5. The fourth-order valence-electron chi connectivity index (χ4n) is 4.44. The number of nitrogens with zero attached hydrogens (tertiary/aromatic N) is 1. The Balaban J connectivity index is 2.08. The third-order valence-corrected chi connectivity index (χ3v) is 6.54. The molecule has 2 heterocycles. The standard InChI is InChI=1S/C29H30FNO5/c1-8-31-14-20(26(33)34)24(32)19-12-22(30)17(13-23(19)31)18-10-15-9-16(28(2,3)4)11-21(29(5,6)7)25(15)36-27(18)35/h9-14H,8H2,1-7H3,(H,33,34). The van der Waals surface area contributed by atoms with Crippen LogP contribution in [-0.4, -0.2) is 15.6 Å². The first-order valence-electron chi connectivity index (χ1n) is 11.9. The number of aromatic nitrogens is 1. The van der Waals surface area contributed by atoms with Crippen molar-refractivity contribution in [3.05, 3.63) is 79.7 Å². The molecule has 6 nitrogen and oxygen atoms in total. The second-order valence-electron chi connectivity index (χ2n) is 11.2. The normalized spacial score (nSPS) is 12.4. The van der Waals surface area contributed by atoms with Gasteiger partial charge in [-0.1, -0.05) is 47.6 Å². The first kappa shape index (κ1) is 25.4. The predicted molar refractivity (Wildman–Crippen MR) is 140 cm³/mol. The van der Waals surface area contributed by atoms with E-state index in [9.17, 15) is 19.5 Å². The molecule has 0 bridgehead atoms. The molecule has 4 rings (SSSR count). The Morgan fingerprint density at radius 1 is 0.972 bits per heavy atom. The highest BCUT2D eigenvalue weighted by atomic mass is 19.1. The van der Waals surface area contributed by atoms with E-state index in [0.717, 1.165) is 17.2 Å². The SMILES string of the molecule is CCn1cc(C(=O)O)c(=O)c2cc(F)c(-c3cc4cc(C(C)(C)C)cc(C(C)(C)C)c4oc3=O)cc21. The smallest absolute Gasteiger partial charge is 0.344 e. The fourth-order valence-corrected chi connectivity index (χ4v) is 4.44. The topological polar surface area (TPSA) is 89.5 Å². The summed E-state index contributed by atoms with van der Waals surface area (Å²) < 4.78 is 22.8. The number of aryl methyl sites for hydroxylation is 1. The van der Waals surface area contributed by atoms with Crippen molar-refractivity contribution >= 4 is 27.8 Å². The maximum atomic E-state index is 15.4. The van der Waals surface area contributed by atoms with Gasteiger partial charge in [0.2, 0.25) is 5.43 Å². The zero-order valence-electron chi connectivity index (χ0n) is 21.6. The minimum atomic E-state index is -1.38. The molecule has 7 heteroatoms. The van der Waals surface area contributed by atoms with Crippen LogP contribution in [0.15, 0.2) is 50.5 Å². The molecular weight excluding hydrogens is 461 g/mol. The number of fused-ring (bicyclic) bond motifs is 2. The summed E-state index contributed by atoms with van der Waals surface area (Å²) in [5.41, 5.74) is 0.377. The Morgan fingerprint density at radius 2 is 1.64 bits per heavy atom. The highest BCUT2D eigenvalue weighted by molar-refractivity contribution is 5.94. The molecule has 188 valence electrons. The van der Waals surface area contributed by atoms with Gasteiger partial charge >= 0.3 is 11.6 Å². The Labute approximate surface area is 208 Å². The highest BCUT2D eigenvalue weighted by Crippen LogP contribution is 2.36. The fraction of sp³-hybridized carbons (Fsp3) is 0.345. The van der Waals surface area contributed by atoms with Crippen LogP contribution >= 0.6 is 0 Å². The van der Waals surface area contributed by atoms with Crippen LogP contribution in [0.5, 0.6) is 0 Å². The van der Waals surface area contributed by atoms with Gasteiger partial charge in [-0.3, -0.25) is 4.79 Å². The Kier molecular flexibility index (Phi) is 5.94. The average molecular weight is 492 g/mol. The molecule has 0 aliphatic carbocycles. The Hall–Kier alpha value is -3.74. The number of aromatic carboxylic acids is 1. The molecule has 0 saturated heterocycles. The van der Waals surface area contributed by atoms with Gasteiger partial charge in [0.25, 0.3) is 0 Å². The summed E-state index contributed by atoms with van der Waals surface area (Å²) >= 11 is 0. The number of pyridine rings is 1. The van der Waals surface area contributed by atoms with E-state index in [1.807, 2.05) is 26.8 Å². The molecule has 0 spiro atoms. The van der Waals surface area contributed by atoms with Crippen molar-refractivity contribution in [1.29, 1.82) is 0 Å². The van der Waals surface area contributed by atoms with Crippen LogP contribution in [0.4, 0.5) is 4.39 Å². The quantitative estimate of drug-likeness (QED) is 0.343. The summed E-state index contributed by atoms with van der Waals surface area (Å²) in [6, 6.07) is 8.06. The predicted octanol–water partition coefficient (Wildman–Crippen LogP) is 6.23. The minimum Gasteiger partial charge on any atom is -0.477 e. The monoisotopic (exact) mass is 491 g/mol. The van der Waals surface area contributed by atoms with E-state index in [2.05, 4.69) is 26.8 Å². The number of halogens is 1. The van der Waals surface area contributed by atoms with E-state index in [1.54, 1.807) is 17.6 Å². The van der Waals surface area contributed by atoms with Gasteiger partial charge in [0, 0.05) is 34.6 Å². The second-order valence-corrected chi connectivity index (χ2v) is 11.2. The summed E-state index contributed by atoms with van der Waals surface area (Å²) in [5, 5.41) is 10.00. The average Bonchev–Trinajstić information content (AvgIpc) is 2.76. The summed E-state index contributed by atoms with van der Waals surface area (Å²) in [5.74, 6) is -2.19. The maximum absolute atomic E-state index is 15.4. The van der Waals surface area contributed by atoms with Crippen LogP contribution in [0.3, 0.4) is 0 Å². The first-order chi connectivity index (χ1) is 16.6. The van der Waals surface area contributed by atoms with Gasteiger partial charge in [-0.25, -0.2) is 14.0 Å². The molecule has 0 fully saturated rings. The number of hydrogen-bond donors (Lipinski definition) is 1. The summed E-state index contributed by atoms with van der Waals surface area (Å²) in [6.07, 6.45) is 1.24. The molecule has 0 saturated carbocycles. The molecule has 0 aliphatic rings. The van der Waals surface area contributed by atoms with Crippen LogP contribution in [0.2, 0.25) is 0 Å². The third kappa shape index (κ3) is 4.23. The highest BCUT2D eigenvalue weighted by Gasteiger charge is 2.25. The molecule has 0 unspecified atom stereocenters. The van der Waals surface area contributed by atoms with Crippen molar-refractivity contribution in [2.24, 2.45) is 0 Å². The van der Waals surface area contributed by atoms with Gasteiger partial charge in [0.1, 0.15) is 17.0 Å². The number of hydrogen-bond acceptors (Lipinski definition) is 4. The molecule has 36 heavy (non-hydrogen) atoms. The van der Waals surface area contributed by atoms with Gasteiger partial charge in [-0.2, -0.15) is 0 Å². The van der Waals surface area contributed by atoms with Gasteiger partial charge < -0.3 is 14.1 Å². The van der Waals surface area contributed by atoms with Crippen molar-refractivity contribution in [2.45, 2.75) is 65.8 Å². The third-order valence-electron chi connectivity index (χ3n) is 6.54. The molecule has 2 aromatic heterocycles. The largest absolute Gasteiger partial charge is 0.477 e. The minimum absolute atomic E-state index is 0.0127. The lowest BCUT2D eigenvalue weighted by molar-refractivity contribution is 0.0695. The molecule has 0 aliphatic heterocycles. The lowest BCUT2D eigenvalue weighted by atomic mass is 9.79. The maximum Gasteiger partial charge on any atom is 0.344 e. The molecule has 0 atom stereocenters. The van der Waals surface area contributed by atoms with Crippen LogP contribution in [0.25, 0.3) is 33.0 Å². The number of benzene rings is 2. The van der Waals surface area contributed by atoms with Crippen LogP contribution < -0.4 is 11.1 Å². The molecule has 4 aromatic rings. The molecule has 0 amide bonds. The summed E-state index contributed by atoms with van der Waals surface area (Å²) in [7, 11) is 0. The van der Waals surface area contributed by atoms with Gasteiger partial charge in [0.15, 0.2) is 0 Å². The van der Waals surface area contributed by atoms with Crippen LogP contribution in [0, 0.1) is 5.82 Å². The zero-order valence-corrected chi connectivity index (χ0v) is 21.6. The van der Waals surface area contributed by atoms with Gasteiger partial charge in [-0.15, -0.1) is 0 Å². The zero-order chi connectivity index (χ0) is 26.7. The van der Waals surface area contributed by atoms with Crippen molar-refractivity contribution in [2.75, 3.05) is 0 Å². The van der Waals surface area contributed by atoms with Crippen molar-refractivity contribution < 1.29 is 18.7 Å². The lowest BCUT2D eigenvalue weighted by Gasteiger charge is -2.26. The van der Waals surface area contributed by atoms with E-state index in [4.69, 9.17) is 4.42 Å². The number of carbonyl (C=O) groups is 1. The van der Waals surface area contributed by atoms with Crippen molar-refractivity contribution in [1.82, 2.24) is 4.57 Å². The Bertz CT molecular complexity index is 1660. The van der Waals surface area contributed by atoms with E-state index in [1.165, 1.54) is 12.3 Å². The lowest BCUT2D eigenvalue weighted by Crippen LogP contribution is -2.19. The van der Waals surface area contributed by atoms with E-state index in [-0.39, 0.29) is 27.3 Å². The van der Waals surface area contributed by atoms with E-state index >= 15 is 4.39 Å². The number of carboxylic acids is 1. The Morgan fingerprint density at radius 3 is 2.19 bits per heavy atom. The first-order valence-corrected chi connectivity index (χ1v) is 11.9. The van der Waals surface area contributed by atoms with Gasteiger partial charge in [-0.05, 0) is 47.6 Å². The van der Waals surface area contributed by atoms with Crippen LogP contribution in [-0.2, 0) is 17.4 Å². The number of rotatable bonds is 3. The van der Waals surface area contributed by atoms with Gasteiger partial charge in [0.05, 0.1) is 11.1 Å². The summed E-state index contributed by atoms with van der Waals surface area (Å²) in [4.78, 5) is 37.4. The second kappa shape index (κ2) is 8.43. The molecule has 0 radical (unpaired) electrons.